The molecule has 7 heteroatoms. The molecule has 2 bridgehead atoms. The zero-order valence-corrected chi connectivity index (χ0v) is 22.0. The molecule has 1 heterocycles. The standard InChI is InChI=1S/C29H32O5S2/c1-34-29-24(32)12-7-19-5-10-21(31)16-25(33)18-3-2-14-35-36-26(13-8-18)28-22(27(19)29)11-6-17-4-9-20(30)15-23(17)28/h4,6-7,9,11-12,15,18,25-26,30,32-33H,2-3,5,8,10,13-14,16H2,1H3/t18-,25+,26+/m1/s1. The number of methoxy groups -OCH3 is 1. The van der Waals surface area contributed by atoms with Gasteiger partial charge >= 0.3 is 0 Å². The van der Waals surface area contributed by atoms with Crippen molar-refractivity contribution in [3.8, 4) is 28.4 Å². The molecular formula is C29H32O5S2. The summed E-state index contributed by atoms with van der Waals surface area (Å²) in [6, 6.07) is 13.1. The van der Waals surface area contributed by atoms with Gasteiger partial charge in [-0.1, -0.05) is 45.9 Å². The van der Waals surface area contributed by atoms with Crippen LogP contribution in [-0.4, -0.2) is 40.1 Å². The second-order valence-electron chi connectivity index (χ2n) is 9.78. The average molecular weight is 525 g/mol. The fourth-order valence-electron chi connectivity index (χ4n) is 5.66. The molecule has 3 aromatic rings. The lowest BCUT2D eigenvalue weighted by Crippen LogP contribution is -2.24. The van der Waals surface area contributed by atoms with Crippen LogP contribution in [0.5, 0.6) is 17.2 Å². The number of hydrogen-bond acceptors (Lipinski definition) is 7. The molecule has 0 unspecified atom stereocenters. The summed E-state index contributed by atoms with van der Waals surface area (Å²) in [6.45, 7) is 0. The maximum atomic E-state index is 12.9. The van der Waals surface area contributed by atoms with E-state index in [1.807, 2.05) is 45.9 Å². The van der Waals surface area contributed by atoms with E-state index < -0.39 is 6.10 Å². The molecule has 36 heavy (non-hydrogen) atoms. The molecule has 1 fully saturated rings. The Morgan fingerprint density at radius 1 is 1.00 bits per heavy atom. The molecule has 1 aliphatic carbocycles. The summed E-state index contributed by atoms with van der Waals surface area (Å²) < 4.78 is 5.74. The predicted octanol–water partition coefficient (Wildman–Crippen LogP) is 6.81. The summed E-state index contributed by atoms with van der Waals surface area (Å²) in [7, 11) is 5.25. The molecule has 5 rings (SSSR count). The van der Waals surface area contributed by atoms with Crippen LogP contribution in [-0.2, 0) is 11.2 Å². The number of carbonyl (C=O) groups is 1. The quantitative estimate of drug-likeness (QED) is 0.302. The lowest BCUT2D eigenvalue weighted by Gasteiger charge is -2.26. The van der Waals surface area contributed by atoms with Crippen LogP contribution in [0.4, 0.5) is 0 Å². The van der Waals surface area contributed by atoms with Crippen molar-refractivity contribution < 1.29 is 24.9 Å². The molecule has 3 N–H and O–H groups in total. The molecule has 3 aromatic carbocycles. The molecular weight excluding hydrogens is 492 g/mol. The van der Waals surface area contributed by atoms with Crippen molar-refractivity contribution in [1.29, 1.82) is 0 Å². The van der Waals surface area contributed by atoms with E-state index in [0.29, 0.717) is 18.6 Å². The first-order chi connectivity index (χ1) is 17.5. The van der Waals surface area contributed by atoms with Crippen molar-refractivity contribution in [2.24, 2.45) is 5.92 Å². The predicted molar refractivity (Wildman–Crippen MR) is 148 cm³/mol. The van der Waals surface area contributed by atoms with Gasteiger partial charge in [-0.15, -0.1) is 0 Å². The number of aliphatic hydroxyl groups excluding tert-OH is 1. The summed E-state index contributed by atoms with van der Waals surface area (Å²) in [5.41, 5.74) is 3.78. The van der Waals surface area contributed by atoms with Crippen molar-refractivity contribution in [3.05, 3.63) is 53.6 Å². The van der Waals surface area contributed by atoms with Crippen LogP contribution in [0.2, 0.25) is 0 Å². The van der Waals surface area contributed by atoms with Gasteiger partial charge in [0.05, 0.1) is 13.2 Å². The lowest BCUT2D eigenvalue weighted by atomic mass is 9.85. The van der Waals surface area contributed by atoms with Crippen LogP contribution in [0.3, 0.4) is 0 Å². The Morgan fingerprint density at radius 3 is 2.67 bits per heavy atom. The van der Waals surface area contributed by atoms with Crippen LogP contribution < -0.4 is 4.74 Å². The molecule has 0 amide bonds. The van der Waals surface area contributed by atoms with E-state index in [4.69, 9.17) is 4.74 Å². The Morgan fingerprint density at radius 2 is 1.83 bits per heavy atom. The molecule has 1 aliphatic heterocycles. The van der Waals surface area contributed by atoms with Crippen molar-refractivity contribution >= 4 is 38.1 Å². The number of phenols is 2. The Balaban J connectivity index is 1.80. The van der Waals surface area contributed by atoms with E-state index in [2.05, 4.69) is 6.07 Å². The van der Waals surface area contributed by atoms with Crippen molar-refractivity contribution in [3.63, 3.8) is 0 Å². The Labute approximate surface area is 219 Å². The van der Waals surface area contributed by atoms with E-state index in [0.717, 1.165) is 64.5 Å². The Bertz CT molecular complexity index is 1270. The van der Waals surface area contributed by atoms with E-state index in [1.165, 1.54) is 0 Å². The van der Waals surface area contributed by atoms with Crippen molar-refractivity contribution in [1.82, 2.24) is 0 Å². The SMILES string of the molecule is COc1c(O)ccc2c1-c1ccc3ccc(O)cc3c1[C@@H]1CC[C@@H](CCCSS1)[C@@H](O)CC(=O)CC2. The summed E-state index contributed by atoms with van der Waals surface area (Å²) in [5.74, 6) is 1.79. The number of aromatic hydroxyl groups is 2. The van der Waals surface area contributed by atoms with Crippen LogP contribution in [0, 0.1) is 5.92 Å². The van der Waals surface area contributed by atoms with Gasteiger partial charge in [0.15, 0.2) is 11.5 Å². The summed E-state index contributed by atoms with van der Waals surface area (Å²) in [4.78, 5) is 12.9. The number of aliphatic hydroxyl groups is 1. The van der Waals surface area contributed by atoms with Gasteiger partial charge in [0.2, 0.25) is 0 Å². The second kappa shape index (κ2) is 11.0. The van der Waals surface area contributed by atoms with Gasteiger partial charge in [-0.2, -0.15) is 0 Å². The molecule has 3 atom stereocenters. The Hall–Kier alpha value is -2.35. The van der Waals surface area contributed by atoms with E-state index >= 15 is 0 Å². The first-order valence-electron chi connectivity index (χ1n) is 12.6. The third-order valence-corrected chi connectivity index (χ3v) is 10.4. The number of fused-ring (bicyclic) bond motifs is 9. The van der Waals surface area contributed by atoms with Crippen LogP contribution in [0.15, 0.2) is 42.5 Å². The van der Waals surface area contributed by atoms with Gasteiger partial charge in [0.25, 0.3) is 0 Å². The number of phenolic OH excluding ortho intramolecular Hbond substituents is 2. The smallest absolute Gasteiger partial charge is 0.168 e. The molecule has 1 saturated heterocycles. The minimum Gasteiger partial charge on any atom is -0.508 e. The third kappa shape index (κ3) is 5.06. The molecule has 2 aliphatic rings. The molecule has 0 saturated carbocycles. The number of ketones is 1. The lowest BCUT2D eigenvalue weighted by molar-refractivity contribution is -0.121. The van der Waals surface area contributed by atoms with E-state index in [1.54, 1.807) is 19.2 Å². The van der Waals surface area contributed by atoms with Crippen LogP contribution in [0.1, 0.15) is 54.9 Å². The van der Waals surface area contributed by atoms with Crippen molar-refractivity contribution in [2.75, 3.05) is 12.9 Å². The molecule has 0 radical (unpaired) electrons. The average Bonchev–Trinajstić information content (AvgIpc) is 2.99. The number of Topliss-reactive ketones (excluding diaryl/α,β-unsaturated/α-hetero) is 1. The maximum absolute atomic E-state index is 12.9. The monoisotopic (exact) mass is 524 g/mol. The third-order valence-electron chi connectivity index (χ3n) is 7.51. The van der Waals surface area contributed by atoms with E-state index in [-0.39, 0.29) is 34.9 Å². The fraction of sp³-hybridized carbons (Fsp3) is 0.414. The highest BCUT2D eigenvalue weighted by molar-refractivity contribution is 8.76. The number of hydrogen-bond donors (Lipinski definition) is 3. The van der Waals surface area contributed by atoms with Gasteiger partial charge in [0, 0.05) is 29.4 Å². The number of aryl methyl sites for hydroxylation is 1. The van der Waals surface area contributed by atoms with Gasteiger partial charge in [0.1, 0.15) is 11.5 Å². The zero-order chi connectivity index (χ0) is 25.2. The van der Waals surface area contributed by atoms with Crippen molar-refractivity contribution in [2.45, 2.75) is 56.3 Å². The number of ether oxygens (including phenoxy) is 1. The molecule has 0 spiro atoms. The molecule has 5 nitrogen and oxygen atoms in total. The highest BCUT2D eigenvalue weighted by Gasteiger charge is 2.30. The number of rotatable bonds is 1. The second-order valence-corrected chi connectivity index (χ2v) is 12.5. The van der Waals surface area contributed by atoms with Gasteiger partial charge < -0.3 is 20.1 Å². The molecule has 190 valence electrons. The van der Waals surface area contributed by atoms with Gasteiger partial charge in [-0.05, 0) is 83.7 Å². The van der Waals surface area contributed by atoms with Crippen LogP contribution in [0.25, 0.3) is 21.9 Å². The van der Waals surface area contributed by atoms with E-state index in [9.17, 15) is 20.1 Å². The minimum atomic E-state index is -0.628. The summed E-state index contributed by atoms with van der Waals surface area (Å²) in [6.07, 6.45) is 3.96. The first kappa shape index (κ1) is 25.3. The topological polar surface area (TPSA) is 87.0 Å². The molecule has 0 aromatic heterocycles. The van der Waals surface area contributed by atoms with Gasteiger partial charge in [-0.3, -0.25) is 4.79 Å². The number of benzene rings is 3. The number of carbonyl (C=O) groups excluding carboxylic acids is 1. The Kier molecular flexibility index (Phi) is 7.70. The van der Waals surface area contributed by atoms with Crippen LogP contribution >= 0.6 is 21.6 Å². The largest absolute Gasteiger partial charge is 0.508 e. The highest BCUT2D eigenvalue weighted by Crippen LogP contribution is 2.52. The minimum absolute atomic E-state index is 0.0563. The van der Waals surface area contributed by atoms with Gasteiger partial charge in [-0.25, -0.2) is 0 Å². The fourth-order valence-corrected chi connectivity index (χ4v) is 8.50. The zero-order valence-electron chi connectivity index (χ0n) is 20.4. The summed E-state index contributed by atoms with van der Waals surface area (Å²) >= 11 is 0. The normalized spacial score (nSPS) is 23.3. The summed E-state index contributed by atoms with van der Waals surface area (Å²) in [5, 5.41) is 34.3. The maximum Gasteiger partial charge on any atom is 0.168 e. The first-order valence-corrected chi connectivity index (χ1v) is 15.0. The highest BCUT2D eigenvalue weighted by atomic mass is 33.1.